The molecule has 6 rings (SSSR count). The second-order valence-corrected chi connectivity index (χ2v) is 18.3. The standard InChI is InChI=1S/C20H17N2S.C17H21FNSi.Ir/c1-12(2)14-9-10-21-18(11-14)17-6-4-5-15-16-8-7-13(3)22-20(16)23-19(15)17;1-12(2)15-10-16(13-6-8-14(18)9-7-13)19-11-17(15)20(3,4)5;/h4-5,7-12H,1-3H3;6,8-12H,1-5H3;/q2*-1;/i2*12D;. The fraction of sp³-hybridized carbons (Fsp3) is 0.270. The van der Waals surface area contributed by atoms with Crippen LogP contribution in [0.15, 0.2) is 73.1 Å². The smallest absolute Gasteiger partial charge is 0.113 e. The summed E-state index contributed by atoms with van der Waals surface area (Å²) in [5, 5.41) is 3.56. The number of hydrogen-bond donors (Lipinski definition) is 0. The summed E-state index contributed by atoms with van der Waals surface area (Å²) in [6, 6.07) is 24.7. The van der Waals surface area contributed by atoms with Crippen molar-refractivity contribution in [1.29, 1.82) is 0 Å². The third-order valence-corrected chi connectivity index (χ3v) is 10.5. The first-order valence-electron chi connectivity index (χ1n) is 15.4. The Labute approximate surface area is 282 Å². The molecule has 0 saturated heterocycles. The minimum atomic E-state index is -1.57. The van der Waals surface area contributed by atoms with E-state index in [1.165, 1.54) is 28.1 Å². The first kappa shape index (κ1) is 30.9. The number of rotatable bonds is 5. The van der Waals surface area contributed by atoms with Crippen LogP contribution in [0.4, 0.5) is 4.39 Å². The molecule has 44 heavy (non-hydrogen) atoms. The van der Waals surface area contributed by atoms with Crippen LogP contribution in [-0.2, 0) is 20.1 Å². The fourth-order valence-electron chi connectivity index (χ4n) is 4.96. The van der Waals surface area contributed by atoms with E-state index in [4.69, 9.17) is 2.74 Å². The van der Waals surface area contributed by atoms with Crippen LogP contribution in [0, 0.1) is 24.9 Å². The van der Waals surface area contributed by atoms with Crippen molar-refractivity contribution in [1.82, 2.24) is 15.0 Å². The van der Waals surface area contributed by atoms with Gasteiger partial charge in [0.25, 0.3) is 0 Å². The second kappa shape index (κ2) is 13.9. The zero-order valence-corrected chi connectivity index (χ0v) is 30.6. The van der Waals surface area contributed by atoms with Gasteiger partial charge >= 0.3 is 0 Å². The molecule has 7 heteroatoms. The summed E-state index contributed by atoms with van der Waals surface area (Å²) >= 11 is 1.68. The minimum Gasteiger partial charge on any atom is -0.305 e. The monoisotopic (exact) mass is 798 g/mol. The number of nitrogens with zero attached hydrogens (tertiary/aromatic N) is 3. The molecule has 2 aromatic carbocycles. The maximum atomic E-state index is 13.0. The maximum Gasteiger partial charge on any atom is 0.113 e. The Hall–Kier alpha value is -3.09. The number of aromatic nitrogens is 3. The molecule has 0 fully saturated rings. The SMILES string of the molecule is [2H]C(C)(C)c1cc(-c2[c-]cc(F)cc2)ncc1[Si](C)(C)C.[2H]C(C)(C)c1ccnc(-c2[c-]ccc3c2sc2nc(C)ccc23)c1.[Ir]. The van der Waals surface area contributed by atoms with Crippen LogP contribution in [0.3, 0.4) is 0 Å². The van der Waals surface area contributed by atoms with Gasteiger partial charge in [-0.05, 0) is 57.5 Å². The molecule has 0 aliphatic heterocycles. The van der Waals surface area contributed by atoms with Crippen molar-refractivity contribution >= 4 is 44.9 Å². The Balaban J connectivity index is 0.000000207. The maximum absolute atomic E-state index is 13.0. The molecule has 0 N–H and O–H groups in total. The summed E-state index contributed by atoms with van der Waals surface area (Å²) in [6.07, 6.45) is 3.67. The van der Waals surface area contributed by atoms with Crippen molar-refractivity contribution in [3.05, 3.63) is 108 Å². The van der Waals surface area contributed by atoms with Gasteiger partial charge < -0.3 is 9.97 Å². The van der Waals surface area contributed by atoms with Gasteiger partial charge in [-0.1, -0.05) is 82.0 Å². The topological polar surface area (TPSA) is 38.7 Å². The molecule has 229 valence electrons. The third-order valence-electron chi connectivity index (χ3n) is 7.33. The van der Waals surface area contributed by atoms with Gasteiger partial charge in [0.05, 0.1) is 8.07 Å². The molecule has 1 radical (unpaired) electrons. The molecule has 0 unspecified atom stereocenters. The van der Waals surface area contributed by atoms with Crippen LogP contribution in [0.5, 0.6) is 0 Å². The van der Waals surface area contributed by atoms with Gasteiger partial charge in [-0.25, -0.2) is 4.98 Å². The van der Waals surface area contributed by atoms with Crippen LogP contribution >= 0.6 is 11.3 Å². The molecule has 4 heterocycles. The average molecular weight is 798 g/mol. The first-order chi connectivity index (χ1) is 21.0. The van der Waals surface area contributed by atoms with E-state index >= 15 is 0 Å². The summed E-state index contributed by atoms with van der Waals surface area (Å²) in [6.45, 7) is 16.3. The van der Waals surface area contributed by atoms with Crippen molar-refractivity contribution in [3.8, 4) is 22.5 Å². The van der Waals surface area contributed by atoms with Crippen molar-refractivity contribution in [2.24, 2.45) is 0 Å². The van der Waals surface area contributed by atoms with Gasteiger partial charge in [0.1, 0.15) is 4.83 Å². The Morgan fingerprint density at radius 2 is 1.66 bits per heavy atom. The summed E-state index contributed by atoms with van der Waals surface area (Å²) in [7, 11) is -1.57. The molecule has 0 aliphatic rings. The second-order valence-electron chi connectivity index (χ2n) is 12.2. The Morgan fingerprint density at radius 3 is 2.32 bits per heavy atom. The molecule has 0 spiro atoms. The van der Waals surface area contributed by atoms with E-state index in [9.17, 15) is 4.39 Å². The normalized spacial score (nSPS) is 12.7. The van der Waals surface area contributed by atoms with Crippen molar-refractivity contribution in [3.63, 3.8) is 0 Å². The molecule has 0 aliphatic carbocycles. The number of benzene rings is 2. The van der Waals surface area contributed by atoms with Crippen molar-refractivity contribution in [2.75, 3.05) is 0 Å². The van der Waals surface area contributed by atoms with Crippen LogP contribution in [0.1, 0.15) is 59.0 Å². The molecule has 4 aromatic heterocycles. The average Bonchev–Trinajstić information content (AvgIpc) is 3.34. The van der Waals surface area contributed by atoms with E-state index in [0.29, 0.717) is 0 Å². The van der Waals surface area contributed by atoms with E-state index in [-0.39, 0.29) is 25.9 Å². The largest absolute Gasteiger partial charge is 0.305 e. The van der Waals surface area contributed by atoms with Gasteiger partial charge in [0.15, 0.2) is 0 Å². The van der Waals surface area contributed by atoms with E-state index in [1.807, 2.05) is 71.1 Å². The minimum absolute atomic E-state index is 0. The zero-order valence-electron chi connectivity index (χ0n) is 28.4. The van der Waals surface area contributed by atoms with E-state index in [2.05, 4.69) is 58.9 Å². The van der Waals surface area contributed by atoms with Gasteiger partial charge in [-0.3, -0.25) is 4.39 Å². The van der Waals surface area contributed by atoms with Gasteiger partial charge in [-0.2, -0.15) is 11.3 Å². The number of aryl methyl sites for hydroxylation is 1. The van der Waals surface area contributed by atoms with E-state index < -0.39 is 19.9 Å². The number of halogens is 1. The Morgan fingerprint density at radius 1 is 0.886 bits per heavy atom. The Kier molecular flexibility index (Phi) is 9.77. The van der Waals surface area contributed by atoms with Crippen molar-refractivity contribution in [2.45, 2.75) is 66.0 Å². The quantitative estimate of drug-likeness (QED) is 0.129. The van der Waals surface area contributed by atoms with Crippen LogP contribution in [0.2, 0.25) is 19.6 Å². The molecular weight excluding hydrogens is 758 g/mol. The summed E-state index contributed by atoms with van der Waals surface area (Å²) < 4.78 is 30.8. The predicted octanol–water partition coefficient (Wildman–Crippen LogP) is 10.1. The van der Waals surface area contributed by atoms with Crippen LogP contribution < -0.4 is 5.19 Å². The van der Waals surface area contributed by atoms with E-state index in [1.54, 1.807) is 23.6 Å². The summed E-state index contributed by atoms with van der Waals surface area (Å²) in [5.41, 5.74) is 6.32. The number of hydrogen-bond acceptors (Lipinski definition) is 4. The molecule has 3 nitrogen and oxygen atoms in total. The Bertz CT molecular complexity index is 1990. The first-order valence-corrected chi connectivity index (χ1v) is 18.7. The fourth-order valence-corrected chi connectivity index (χ4v) is 7.77. The molecule has 6 aromatic rings. The predicted molar refractivity (Wildman–Crippen MR) is 184 cm³/mol. The molecule has 0 saturated carbocycles. The van der Waals surface area contributed by atoms with Crippen LogP contribution in [-0.4, -0.2) is 23.0 Å². The third kappa shape index (κ3) is 7.40. The summed E-state index contributed by atoms with van der Waals surface area (Å²) in [4.78, 5) is 14.8. The molecular formula is C37H38FIrN3SSi-2. The molecule has 0 atom stereocenters. The number of pyridine rings is 3. The molecule has 0 bridgehead atoms. The van der Waals surface area contributed by atoms with Crippen molar-refractivity contribution < 1.29 is 27.2 Å². The van der Waals surface area contributed by atoms with Crippen LogP contribution in [0.25, 0.3) is 42.8 Å². The number of fused-ring (bicyclic) bond motifs is 3. The van der Waals surface area contributed by atoms with E-state index in [0.717, 1.165) is 48.9 Å². The molecule has 0 amide bonds. The van der Waals surface area contributed by atoms with Gasteiger partial charge in [0.2, 0.25) is 0 Å². The number of thiophene rings is 1. The summed E-state index contributed by atoms with van der Waals surface area (Å²) in [5.74, 6) is -1.64. The zero-order chi connectivity index (χ0) is 32.7. The van der Waals surface area contributed by atoms with Gasteiger partial charge in [0, 0.05) is 46.8 Å². The van der Waals surface area contributed by atoms with Gasteiger partial charge in [-0.15, -0.1) is 53.6 Å².